The molecular formula is C18H29BrN2O. The lowest BCUT2D eigenvalue weighted by molar-refractivity contribution is 0.159. The minimum Gasteiger partial charge on any atom is -0.494 e. The van der Waals surface area contributed by atoms with Crippen LogP contribution in [-0.2, 0) is 0 Å². The van der Waals surface area contributed by atoms with Gasteiger partial charge in [0.15, 0.2) is 0 Å². The van der Waals surface area contributed by atoms with E-state index in [1.54, 1.807) is 0 Å². The van der Waals surface area contributed by atoms with Gasteiger partial charge in [0.05, 0.1) is 6.61 Å². The van der Waals surface area contributed by atoms with Gasteiger partial charge in [0.1, 0.15) is 5.75 Å². The zero-order valence-corrected chi connectivity index (χ0v) is 15.5. The van der Waals surface area contributed by atoms with Gasteiger partial charge in [-0.3, -0.25) is 4.90 Å². The first-order valence-corrected chi connectivity index (χ1v) is 9.42. The van der Waals surface area contributed by atoms with E-state index < -0.39 is 0 Å². The molecule has 0 unspecified atom stereocenters. The van der Waals surface area contributed by atoms with Gasteiger partial charge >= 0.3 is 0 Å². The summed E-state index contributed by atoms with van der Waals surface area (Å²) in [4.78, 5) is 2.62. The minimum atomic E-state index is 0.465. The molecule has 2 rings (SSSR count). The van der Waals surface area contributed by atoms with Gasteiger partial charge in [-0.1, -0.05) is 42.1 Å². The van der Waals surface area contributed by atoms with Crippen molar-refractivity contribution >= 4 is 15.9 Å². The Morgan fingerprint density at radius 1 is 1.23 bits per heavy atom. The molecule has 0 aromatic heterocycles. The third-order valence-electron chi connectivity index (χ3n) is 4.30. The summed E-state index contributed by atoms with van der Waals surface area (Å²) in [6.45, 7) is 9.46. The van der Waals surface area contributed by atoms with Crippen LogP contribution in [0.2, 0.25) is 0 Å². The molecule has 0 amide bonds. The van der Waals surface area contributed by atoms with Crippen molar-refractivity contribution in [1.29, 1.82) is 0 Å². The number of hydrogen-bond acceptors (Lipinski definition) is 3. The maximum Gasteiger partial charge on any atom is 0.124 e. The van der Waals surface area contributed by atoms with Gasteiger partial charge in [-0.25, -0.2) is 0 Å². The van der Waals surface area contributed by atoms with Crippen LogP contribution >= 0.6 is 15.9 Å². The highest BCUT2D eigenvalue weighted by Crippen LogP contribution is 2.35. The smallest absolute Gasteiger partial charge is 0.124 e. The number of halogens is 1. The molecule has 1 heterocycles. The molecule has 0 radical (unpaired) electrons. The number of ether oxygens (including phenoxy) is 1. The van der Waals surface area contributed by atoms with Crippen LogP contribution in [0, 0.1) is 0 Å². The van der Waals surface area contributed by atoms with Gasteiger partial charge in [0, 0.05) is 42.3 Å². The fraction of sp³-hybridized carbons (Fsp3) is 0.667. The summed E-state index contributed by atoms with van der Waals surface area (Å²) in [6.07, 6.45) is 5.07. The first-order chi connectivity index (χ1) is 10.8. The van der Waals surface area contributed by atoms with Crippen LogP contribution in [0.4, 0.5) is 0 Å². The number of piperazine rings is 1. The molecule has 124 valence electrons. The molecule has 0 saturated carbocycles. The number of benzene rings is 1. The number of unbranched alkanes of at least 4 members (excludes halogenated alkanes) is 2. The summed E-state index contributed by atoms with van der Waals surface area (Å²) < 4.78 is 7.05. The highest BCUT2D eigenvalue weighted by Gasteiger charge is 2.24. The molecule has 4 heteroatoms. The lowest BCUT2D eigenvalue weighted by atomic mass is 9.97. The van der Waals surface area contributed by atoms with Gasteiger partial charge in [-0.05, 0) is 31.5 Å². The van der Waals surface area contributed by atoms with Gasteiger partial charge in [-0.2, -0.15) is 0 Å². The van der Waals surface area contributed by atoms with Crippen LogP contribution in [0.15, 0.2) is 22.7 Å². The molecular weight excluding hydrogens is 340 g/mol. The largest absolute Gasteiger partial charge is 0.494 e. The van der Waals surface area contributed by atoms with Crippen molar-refractivity contribution in [3.63, 3.8) is 0 Å². The fourth-order valence-electron chi connectivity index (χ4n) is 3.18. The van der Waals surface area contributed by atoms with Crippen LogP contribution in [0.5, 0.6) is 5.75 Å². The molecule has 1 atom stereocenters. The van der Waals surface area contributed by atoms with Crippen molar-refractivity contribution < 1.29 is 4.74 Å². The Morgan fingerprint density at radius 2 is 2.00 bits per heavy atom. The average Bonchev–Trinajstić information content (AvgIpc) is 2.55. The molecule has 0 bridgehead atoms. The summed E-state index contributed by atoms with van der Waals surface area (Å²) in [5.74, 6) is 1.05. The second-order valence-corrected chi connectivity index (χ2v) is 6.83. The van der Waals surface area contributed by atoms with E-state index in [2.05, 4.69) is 58.2 Å². The molecule has 0 spiro atoms. The zero-order chi connectivity index (χ0) is 15.8. The standard InChI is InChI=1S/C18H29BrN2O/c1-3-5-6-7-17(21-12-10-20-11-13-21)16-14-15(19)8-9-18(16)22-4-2/h8-9,14,17,20H,3-7,10-13H2,1-2H3/t17-/m1/s1. The summed E-state index contributed by atoms with van der Waals surface area (Å²) in [7, 11) is 0. The Bertz CT molecular complexity index is 447. The van der Waals surface area contributed by atoms with Crippen molar-refractivity contribution in [2.24, 2.45) is 0 Å². The number of nitrogens with zero attached hydrogens (tertiary/aromatic N) is 1. The summed E-state index contributed by atoms with van der Waals surface area (Å²) in [6, 6.07) is 6.91. The van der Waals surface area contributed by atoms with Crippen LogP contribution in [0.1, 0.15) is 51.1 Å². The molecule has 1 aliphatic rings. The van der Waals surface area contributed by atoms with Crippen molar-refractivity contribution in [2.45, 2.75) is 45.6 Å². The lowest BCUT2D eigenvalue weighted by Crippen LogP contribution is -2.45. The van der Waals surface area contributed by atoms with E-state index in [9.17, 15) is 0 Å². The van der Waals surface area contributed by atoms with Crippen molar-refractivity contribution in [3.8, 4) is 5.75 Å². The lowest BCUT2D eigenvalue weighted by Gasteiger charge is -2.36. The first kappa shape index (κ1) is 17.8. The van der Waals surface area contributed by atoms with Crippen LogP contribution in [-0.4, -0.2) is 37.7 Å². The zero-order valence-electron chi connectivity index (χ0n) is 13.9. The first-order valence-electron chi connectivity index (χ1n) is 8.63. The number of nitrogens with one attached hydrogen (secondary N) is 1. The molecule has 1 aromatic carbocycles. The minimum absolute atomic E-state index is 0.465. The molecule has 1 N–H and O–H groups in total. The maximum absolute atomic E-state index is 5.91. The Morgan fingerprint density at radius 3 is 2.68 bits per heavy atom. The van der Waals surface area contributed by atoms with E-state index >= 15 is 0 Å². The van der Waals surface area contributed by atoms with Crippen LogP contribution in [0.3, 0.4) is 0 Å². The quantitative estimate of drug-likeness (QED) is 0.689. The van der Waals surface area contributed by atoms with E-state index in [-0.39, 0.29) is 0 Å². The average molecular weight is 369 g/mol. The predicted octanol–water partition coefficient (Wildman–Crippen LogP) is 4.37. The van der Waals surface area contributed by atoms with Gasteiger partial charge in [0.25, 0.3) is 0 Å². The van der Waals surface area contributed by atoms with Crippen molar-refractivity contribution in [1.82, 2.24) is 10.2 Å². The Labute approximate surface area is 143 Å². The maximum atomic E-state index is 5.91. The Hall–Kier alpha value is -0.580. The fourth-order valence-corrected chi connectivity index (χ4v) is 3.56. The number of hydrogen-bond donors (Lipinski definition) is 1. The topological polar surface area (TPSA) is 24.5 Å². The van der Waals surface area contributed by atoms with Crippen LogP contribution < -0.4 is 10.1 Å². The summed E-state index contributed by atoms with van der Waals surface area (Å²) >= 11 is 3.64. The SMILES string of the molecule is CCCCC[C@H](c1cc(Br)ccc1OCC)N1CCNCC1. The second kappa shape index (κ2) is 9.53. The van der Waals surface area contributed by atoms with Crippen LogP contribution in [0.25, 0.3) is 0 Å². The third-order valence-corrected chi connectivity index (χ3v) is 4.80. The normalized spacial score (nSPS) is 17.4. The van der Waals surface area contributed by atoms with E-state index in [1.165, 1.54) is 31.2 Å². The Balaban J connectivity index is 2.23. The van der Waals surface area contributed by atoms with E-state index in [4.69, 9.17) is 4.74 Å². The molecule has 1 aromatic rings. The predicted molar refractivity (Wildman–Crippen MR) is 96.6 cm³/mol. The molecule has 1 fully saturated rings. The molecule has 1 saturated heterocycles. The van der Waals surface area contributed by atoms with Gasteiger partial charge in [0.2, 0.25) is 0 Å². The molecule has 1 aliphatic heterocycles. The van der Waals surface area contributed by atoms with E-state index in [0.29, 0.717) is 6.04 Å². The van der Waals surface area contributed by atoms with Crippen molar-refractivity contribution in [2.75, 3.05) is 32.8 Å². The molecule has 3 nitrogen and oxygen atoms in total. The summed E-state index contributed by atoms with van der Waals surface area (Å²) in [5, 5.41) is 3.46. The van der Waals surface area contributed by atoms with Crippen molar-refractivity contribution in [3.05, 3.63) is 28.2 Å². The Kier molecular flexibility index (Phi) is 7.70. The van der Waals surface area contributed by atoms with Gasteiger partial charge < -0.3 is 10.1 Å². The molecule has 0 aliphatic carbocycles. The highest BCUT2D eigenvalue weighted by atomic mass is 79.9. The van der Waals surface area contributed by atoms with E-state index in [0.717, 1.165) is 43.0 Å². The monoisotopic (exact) mass is 368 g/mol. The number of rotatable bonds is 8. The van der Waals surface area contributed by atoms with Gasteiger partial charge in [-0.15, -0.1) is 0 Å². The second-order valence-electron chi connectivity index (χ2n) is 5.91. The highest BCUT2D eigenvalue weighted by molar-refractivity contribution is 9.10. The third kappa shape index (κ3) is 4.97. The van der Waals surface area contributed by atoms with E-state index in [1.807, 2.05) is 0 Å². The molecule has 22 heavy (non-hydrogen) atoms. The summed E-state index contributed by atoms with van der Waals surface area (Å²) in [5.41, 5.74) is 1.34.